The number of alkyl halides is 3. The number of ether oxygens (including phenoxy) is 1. The first-order valence-corrected chi connectivity index (χ1v) is 8.45. The third-order valence-electron chi connectivity index (χ3n) is 4.28. The summed E-state index contributed by atoms with van der Waals surface area (Å²) in [5.41, 5.74) is -3.06. The van der Waals surface area contributed by atoms with Gasteiger partial charge < -0.3 is 14.4 Å². The number of phenols is 1. The molecule has 3 rings (SSSR count). The Hall–Kier alpha value is -2.95. The van der Waals surface area contributed by atoms with Crippen LogP contribution in [-0.4, -0.2) is 19.9 Å². The van der Waals surface area contributed by atoms with E-state index in [1.54, 1.807) is 0 Å². The normalized spacial score (nSPS) is 11.9. The highest BCUT2D eigenvalue weighted by atomic mass is 35.5. The molecule has 2 aromatic carbocycles. The van der Waals surface area contributed by atoms with Crippen LogP contribution in [0.1, 0.15) is 25.2 Å². The van der Waals surface area contributed by atoms with E-state index < -0.39 is 46.3 Å². The first-order chi connectivity index (χ1) is 13.8. The van der Waals surface area contributed by atoms with E-state index in [4.69, 9.17) is 4.74 Å². The Morgan fingerprint density at radius 3 is 2.10 bits per heavy atom. The molecule has 31 heavy (non-hydrogen) atoms. The summed E-state index contributed by atoms with van der Waals surface area (Å²) in [6.07, 6.45) is -4.79. The molecule has 12 heteroatoms. The minimum Gasteiger partial charge on any atom is -0.508 e. The standard InChI is InChI=1S/C19H15F6N3O2.ClH/c1-18(2,30-15-13(21)6-9(20)7-14(15)22)17-27-26-16(28(17)3)11-5-4-10(29)8-12(11)19(23,24)25;/h4-8,29H,1-3H3;1H. The van der Waals surface area contributed by atoms with Crippen molar-refractivity contribution in [2.75, 3.05) is 0 Å². The fourth-order valence-electron chi connectivity index (χ4n) is 2.98. The summed E-state index contributed by atoms with van der Waals surface area (Å²) < 4.78 is 87.7. The van der Waals surface area contributed by atoms with Crippen molar-refractivity contribution in [3.63, 3.8) is 0 Å². The maximum Gasteiger partial charge on any atom is 0.417 e. The minimum absolute atomic E-state index is 0. The largest absolute Gasteiger partial charge is 0.508 e. The van der Waals surface area contributed by atoms with E-state index in [1.165, 1.54) is 25.5 Å². The van der Waals surface area contributed by atoms with Crippen molar-refractivity contribution in [1.29, 1.82) is 0 Å². The zero-order valence-electron chi connectivity index (χ0n) is 16.3. The Morgan fingerprint density at radius 1 is 0.968 bits per heavy atom. The molecule has 0 saturated carbocycles. The average Bonchev–Trinajstić information content (AvgIpc) is 2.99. The highest BCUT2D eigenvalue weighted by Crippen LogP contribution is 2.39. The smallest absolute Gasteiger partial charge is 0.417 e. The van der Waals surface area contributed by atoms with Crippen LogP contribution in [0.15, 0.2) is 30.3 Å². The van der Waals surface area contributed by atoms with E-state index in [-0.39, 0.29) is 29.6 Å². The van der Waals surface area contributed by atoms with Gasteiger partial charge in [-0.25, -0.2) is 13.2 Å². The van der Waals surface area contributed by atoms with Gasteiger partial charge in [-0.1, -0.05) is 0 Å². The highest BCUT2D eigenvalue weighted by molar-refractivity contribution is 5.85. The van der Waals surface area contributed by atoms with E-state index in [9.17, 15) is 31.4 Å². The number of hydrogen-bond acceptors (Lipinski definition) is 4. The molecule has 0 bridgehead atoms. The van der Waals surface area contributed by atoms with Gasteiger partial charge in [0, 0.05) is 24.7 Å². The monoisotopic (exact) mass is 467 g/mol. The van der Waals surface area contributed by atoms with Crippen LogP contribution in [-0.2, 0) is 18.8 Å². The maximum absolute atomic E-state index is 14.0. The summed E-state index contributed by atoms with van der Waals surface area (Å²) in [4.78, 5) is 0. The van der Waals surface area contributed by atoms with Gasteiger partial charge in [0.2, 0.25) is 0 Å². The van der Waals surface area contributed by atoms with Crippen molar-refractivity contribution in [2.45, 2.75) is 25.6 Å². The lowest BCUT2D eigenvalue weighted by molar-refractivity contribution is -0.137. The molecule has 1 heterocycles. The van der Waals surface area contributed by atoms with Gasteiger partial charge in [0.25, 0.3) is 0 Å². The molecule has 0 saturated heterocycles. The van der Waals surface area contributed by atoms with E-state index in [2.05, 4.69) is 10.2 Å². The number of benzene rings is 2. The number of aromatic hydroxyl groups is 1. The van der Waals surface area contributed by atoms with Crippen molar-refractivity contribution in [1.82, 2.24) is 14.8 Å². The van der Waals surface area contributed by atoms with Crippen LogP contribution >= 0.6 is 12.4 Å². The van der Waals surface area contributed by atoms with Crippen molar-refractivity contribution < 1.29 is 36.2 Å². The van der Waals surface area contributed by atoms with Gasteiger partial charge in [-0.15, -0.1) is 22.6 Å². The molecule has 0 amide bonds. The summed E-state index contributed by atoms with van der Waals surface area (Å²) in [6.45, 7) is 2.73. The number of nitrogens with zero attached hydrogens (tertiary/aromatic N) is 3. The zero-order chi connectivity index (χ0) is 22.4. The van der Waals surface area contributed by atoms with Gasteiger partial charge in [-0.05, 0) is 32.0 Å². The lowest BCUT2D eigenvalue weighted by Gasteiger charge is -2.26. The molecule has 0 spiro atoms. The molecule has 0 aliphatic heterocycles. The summed E-state index contributed by atoms with van der Waals surface area (Å²) in [5.74, 6) is -5.44. The molecule has 0 aliphatic rings. The molecule has 5 nitrogen and oxygen atoms in total. The molecular formula is C19H16ClF6N3O2. The molecule has 1 N–H and O–H groups in total. The van der Waals surface area contributed by atoms with E-state index in [1.807, 2.05) is 0 Å². The molecular weight excluding hydrogens is 452 g/mol. The first kappa shape index (κ1) is 24.3. The van der Waals surface area contributed by atoms with Gasteiger partial charge in [-0.2, -0.15) is 13.2 Å². The summed E-state index contributed by atoms with van der Waals surface area (Å²) >= 11 is 0. The fraction of sp³-hybridized carbons (Fsp3) is 0.263. The summed E-state index contributed by atoms with van der Waals surface area (Å²) in [7, 11) is 1.35. The Bertz CT molecular complexity index is 1090. The van der Waals surface area contributed by atoms with Crippen molar-refractivity contribution in [3.8, 4) is 22.9 Å². The number of hydrogen-bond donors (Lipinski definition) is 1. The van der Waals surface area contributed by atoms with Crippen LogP contribution in [0.2, 0.25) is 0 Å². The number of phenolic OH excluding ortho intramolecular Hbond substituents is 1. The molecule has 168 valence electrons. The van der Waals surface area contributed by atoms with Gasteiger partial charge in [0.15, 0.2) is 34.6 Å². The number of rotatable bonds is 4. The van der Waals surface area contributed by atoms with Crippen LogP contribution in [0.3, 0.4) is 0 Å². The lowest BCUT2D eigenvalue weighted by Crippen LogP contribution is -2.30. The Kier molecular flexibility index (Phi) is 6.51. The molecule has 1 aromatic heterocycles. The Morgan fingerprint density at radius 2 is 1.55 bits per heavy atom. The van der Waals surface area contributed by atoms with Crippen LogP contribution in [0.5, 0.6) is 11.5 Å². The fourth-order valence-corrected chi connectivity index (χ4v) is 2.98. The molecule has 0 unspecified atom stereocenters. The van der Waals surface area contributed by atoms with E-state index >= 15 is 0 Å². The molecule has 0 atom stereocenters. The SMILES string of the molecule is Cl.Cn1c(-c2ccc(O)cc2C(F)(F)F)nnc1C(C)(C)Oc1c(F)cc(F)cc1F. The third kappa shape index (κ3) is 4.71. The lowest BCUT2D eigenvalue weighted by atomic mass is 10.1. The molecule has 0 radical (unpaired) electrons. The topological polar surface area (TPSA) is 60.2 Å². The van der Waals surface area contributed by atoms with Crippen LogP contribution in [0, 0.1) is 17.5 Å². The van der Waals surface area contributed by atoms with Crippen LogP contribution in [0.25, 0.3) is 11.4 Å². The second-order valence-corrected chi connectivity index (χ2v) is 6.94. The van der Waals surface area contributed by atoms with E-state index in [0.717, 1.165) is 12.1 Å². The third-order valence-corrected chi connectivity index (χ3v) is 4.28. The van der Waals surface area contributed by atoms with Crippen molar-refractivity contribution >= 4 is 12.4 Å². The Balaban J connectivity index is 0.00000341. The van der Waals surface area contributed by atoms with Gasteiger partial charge in [0.1, 0.15) is 11.6 Å². The average molecular weight is 468 g/mol. The first-order valence-electron chi connectivity index (χ1n) is 8.45. The summed E-state index contributed by atoms with van der Waals surface area (Å²) in [5, 5.41) is 17.0. The van der Waals surface area contributed by atoms with Gasteiger partial charge in [0.05, 0.1) is 5.56 Å². The number of aromatic nitrogens is 3. The van der Waals surface area contributed by atoms with Crippen molar-refractivity contribution in [2.24, 2.45) is 7.05 Å². The highest BCUT2D eigenvalue weighted by Gasteiger charge is 2.37. The van der Waals surface area contributed by atoms with Gasteiger partial charge in [-0.3, -0.25) is 0 Å². The second kappa shape index (κ2) is 8.29. The second-order valence-electron chi connectivity index (χ2n) is 6.94. The van der Waals surface area contributed by atoms with Crippen LogP contribution < -0.4 is 4.74 Å². The van der Waals surface area contributed by atoms with Gasteiger partial charge >= 0.3 is 6.18 Å². The predicted molar refractivity (Wildman–Crippen MR) is 100 cm³/mol. The number of halogens is 7. The quantitative estimate of drug-likeness (QED) is 0.525. The molecule has 0 aliphatic carbocycles. The molecule has 0 fully saturated rings. The minimum atomic E-state index is -4.79. The Labute approximate surface area is 178 Å². The molecule has 3 aromatic rings. The van der Waals surface area contributed by atoms with Crippen molar-refractivity contribution in [3.05, 3.63) is 59.2 Å². The zero-order valence-corrected chi connectivity index (χ0v) is 17.1. The van der Waals surface area contributed by atoms with E-state index in [0.29, 0.717) is 18.2 Å². The predicted octanol–water partition coefficient (Wildman–Crippen LogP) is 5.36. The van der Waals surface area contributed by atoms with Crippen LogP contribution in [0.4, 0.5) is 26.3 Å². The summed E-state index contributed by atoms with van der Waals surface area (Å²) in [6, 6.07) is 3.50. The maximum atomic E-state index is 14.0.